The molecule has 0 rings (SSSR count). The molecule has 0 bridgehead atoms. The summed E-state index contributed by atoms with van der Waals surface area (Å²) < 4.78 is 37.5. The van der Waals surface area contributed by atoms with Gasteiger partial charge in [-0.2, -0.15) is 0 Å². The fourth-order valence-corrected chi connectivity index (χ4v) is 6.76. The summed E-state index contributed by atoms with van der Waals surface area (Å²) in [6.07, 6.45) is 19.4. The molecule has 0 aromatic heterocycles. The van der Waals surface area contributed by atoms with Crippen molar-refractivity contribution in [2.45, 2.75) is 115 Å². The molecule has 0 aliphatic carbocycles. The van der Waals surface area contributed by atoms with E-state index in [0.29, 0.717) is 52.8 Å². The van der Waals surface area contributed by atoms with Crippen molar-refractivity contribution in [1.29, 1.82) is 0 Å². The molecular weight excluding hydrogens is 894 g/mol. The van der Waals surface area contributed by atoms with Crippen LogP contribution in [0.4, 0.5) is 0 Å². The van der Waals surface area contributed by atoms with Gasteiger partial charge in [0.2, 0.25) is 29.5 Å². The summed E-state index contributed by atoms with van der Waals surface area (Å²) in [6, 6.07) is 0. The van der Waals surface area contributed by atoms with E-state index in [9.17, 15) is 28.9 Å². The van der Waals surface area contributed by atoms with Gasteiger partial charge in [-0.3, -0.25) is 24.0 Å². The van der Waals surface area contributed by atoms with Gasteiger partial charge >= 0.3 is 0 Å². The zero-order valence-corrected chi connectivity index (χ0v) is 41.4. The number of rotatable bonds is 43. The average molecular weight is 972 g/mol. The first-order valence-electron chi connectivity index (χ1n) is 22.7. The molecule has 5 amide bonds. The number of unbranched alkanes of at least 4 members (excludes halogenated alkanes) is 3. The van der Waals surface area contributed by atoms with E-state index in [1.165, 1.54) is 0 Å². The third-order valence-corrected chi connectivity index (χ3v) is 13.8. The first-order chi connectivity index (χ1) is 31.6. The first kappa shape index (κ1) is 62.4. The number of carbonyl (C=O) groups is 5. The molecule has 0 saturated carbocycles. The van der Waals surface area contributed by atoms with Crippen molar-refractivity contribution in [2.75, 3.05) is 112 Å². The van der Waals surface area contributed by atoms with Crippen LogP contribution in [-0.2, 0) is 68.7 Å². The second-order valence-electron chi connectivity index (χ2n) is 16.1. The third-order valence-electron chi connectivity index (χ3n) is 9.59. The molecule has 0 heterocycles. The van der Waals surface area contributed by atoms with Crippen LogP contribution in [0.15, 0.2) is 0 Å². The van der Waals surface area contributed by atoms with E-state index in [1.807, 2.05) is 20.8 Å². The molecule has 0 aliphatic heterocycles. The maximum absolute atomic E-state index is 13.6. The Morgan fingerprint density at radius 3 is 1.26 bits per heavy atom. The quantitative estimate of drug-likeness (QED) is 0.0293. The largest absolute Gasteiger partial charge is 0.377 e. The normalized spacial score (nSPS) is 12.2. The molecule has 0 spiro atoms. The highest BCUT2D eigenvalue weighted by molar-refractivity contribution is 8.10. The van der Waals surface area contributed by atoms with Crippen molar-refractivity contribution in [3.05, 3.63) is 0 Å². The molecule has 0 aromatic carbocycles. The highest BCUT2D eigenvalue weighted by Crippen LogP contribution is 2.55. The Bertz CT molecular complexity index is 1430. The molecule has 66 heavy (non-hydrogen) atoms. The SMILES string of the molecule is C#CCOCCOCCNC(=O)CCC(CCC(=O)NCCOCCOCC#C)(CCC(=O)NCCOCCOCC#C)NC(=O)CCCC(=O)NCCCCCCOP(O)(=S)C(C)(C)C. The number of amides is 5. The number of ether oxygens (including phenoxy) is 6. The van der Waals surface area contributed by atoms with Crippen LogP contribution in [0.2, 0.25) is 0 Å². The summed E-state index contributed by atoms with van der Waals surface area (Å²) in [5, 5.41) is 13.9. The molecular formula is C46H78N5O13PS. The molecule has 376 valence electrons. The second-order valence-corrected chi connectivity index (χ2v) is 20.3. The molecule has 1 atom stereocenters. The van der Waals surface area contributed by atoms with Crippen molar-refractivity contribution >= 4 is 47.8 Å². The minimum Gasteiger partial charge on any atom is -0.377 e. The zero-order valence-electron chi connectivity index (χ0n) is 39.6. The maximum atomic E-state index is 13.6. The van der Waals surface area contributed by atoms with Crippen molar-refractivity contribution in [2.24, 2.45) is 0 Å². The Labute approximate surface area is 399 Å². The Morgan fingerprint density at radius 1 is 0.485 bits per heavy atom. The number of hydrogen-bond donors (Lipinski definition) is 6. The van der Waals surface area contributed by atoms with Gasteiger partial charge in [0, 0.05) is 69.0 Å². The average Bonchev–Trinajstić information content (AvgIpc) is 3.27. The number of carbonyl (C=O) groups excluding carboxylic acids is 5. The van der Waals surface area contributed by atoms with E-state index >= 15 is 0 Å². The smallest absolute Gasteiger partial charge is 0.220 e. The molecule has 0 fully saturated rings. The lowest BCUT2D eigenvalue weighted by Gasteiger charge is -2.35. The predicted molar refractivity (Wildman–Crippen MR) is 257 cm³/mol. The summed E-state index contributed by atoms with van der Waals surface area (Å²) in [6.45, 7) is 7.37. The van der Waals surface area contributed by atoms with Crippen LogP contribution in [0.25, 0.3) is 0 Å². The van der Waals surface area contributed by atoms with Crippen LogP contribution < -0.4 is 26.6 Å². The van der Waals surface area contributed by atoms with Crippen LogP contribution >= 0.6 is 6.49 Å². The van der Waals surface area contributed by atoms with Crippen LogP contribution in [0.1, 0.15) is 104 Å². The van der Waals surface area contributed by atoms with Crippen molar-refractivity contribution in [3.63, 3.8) is 0 Å². The predicted octanol–water partition coefficient (Wildman–Crippen LogP) is 2.49. The summed E-state index contributed by atoms with van der Waals surface area (Å²) in [5.41, 5.74) is -1.14. The van der Waals surface area contributed by atoms with E-state index in [2.05, 4.69) is 44.3 Å². The summed E-state index contributed by atoms with van der Waals surface area (Å²) in [7, 11) is 0. The van der Waals surface area contributed by atoms with E-state index < -0.39 is 17.2 Å². The lowest BCUT2D eigenvalue weighted by Crippen LogP contribution is -2.50. The van der Waals surface area contributed by atoms with Gasteiger partial charge in [-0.1, -0.05) is 51.4 Å². The highest BCUT2D eigenvalue weighted by atomic mass is 32.5. The molecule has 18 nitrogen and oxygen atoms in total. The van der Waals surface area contributed by atoms with Gasteiger partial charge in [-0.15, -0.1) is 19.3 Å². The Kier molecular flexibility index (Phi) is 38.2. The summed E-state index contributed by atoms with van der Waals surface area (Å²) in [5.74, 6) is 5.62. The van der Waals surface area contributed by atoms with Gasteiger partial charge in [0.25, 0.3) is 0 Å². The minimum atomic E-state index is -2.86. The number of nitrogens with one attached hydrogen (secondary N) is 5. The van der Waals surface area contributed by atoms with Gasteiger partial charge in [0.05, 0.1) is 66.1 Å². The summed E-state index contributed by atoms with van der Waals surface area (Å²) in [4.78, 5) is 75.9. The fraction of sp³-hybridized carbons (Fsp3) is 0.761. The van der Waals surface area contributed by atoms with E-state index in [0.717, 1.165) is 25.7 Å². The fourth-order valence-electron chi connectivity index (χ4n) is 5.77. The Hall–Kier alpha value is -3.64. The van der Waals surface area contributed by atoms with Crippen molar-refractivity contribution in [1.82, 2.24) is 26.6 Å². The van der Waals surface area contributed by atoms with Crippen LogP contribution in [-0.4, -0.2) is 157 Å². The standard InChI is InChI=1S/C46H78N5O13PS/c1-7-27-58-34-37-61-31-24-48-41(53)17-20-46(21-18-42(54)49-25-32-62-38-35-59-28-8-2,22-19-43(55)50-26-33-63-39-36-60-29-9-3)51-44(56)16-14-15-40(52)47-23-12-10-11-13-30-64-65(57,66)45(4,5)6/h1-3H,10-39H2,4-6H3,(H,47,52)(H,48,53)(H,49,54)(H,50,55)(H,51,56)(H,57,66). The van der Waals surface area contributed by atoms with Gasteiger partial charge in [0.15, 0.2) is 6.49 Å². The molecule has 0 aromatic rings. The van der Waals surface area contributed by atoms with E-state index in [4.69, 9.17) is 64.0 Å². The minimum absolute atomic E-state index is 0.000626. The van der Waals surface area contributed by atoms with Crippen molar-refractivity contribution < 1.29 is 61.8 Å². The molecule has 1 unspecified atom stereocenters. The van der Waals surface area contributed by atoms with Gasteiger partial charge < -0.3 is 64.4 Å². The molecule has 0 radical (unpaired) electrons. The Balaban J connectivity index is 5.54. The molecule has 6 N–H and O–H groups in total. The third kappa shape index (κ3) is 36.5. The lowest BCUT2D eigenvalue weighted by atomic mass is 9.82. The number of hydrogen-bond acceptors (Lipinski definition) is 13. The topological polar surface area (TPSA) is 230 Å². The maximum Gasteiger partial charge on any atom is 0.220 e. The second kappa shape index (κ2) is 40.4. The first-order valence-corrected chi connectivity index (χ1v) is 25.4. The lowest BCUT2D eigenvalue weighted by molar-refractivity contribution is -0.128. The van der Waals surface area contributed by atoms with Gasteiger partial charge in [0.1, 0.15) is 19.8 Å². The monoisotopic (exact) mass is 972 g/mol. The molecule has 20 heteroatoms. The van der Waals surface area contributed by atoms with Crippen molar-refractivity contribution in [3.8, 4) is 37.0 Å². The summed E-state index contributed by atoms with van der Waals surface area (Å²) >= 11 is 5.26. The van der Waals surface area contributed by atoms with Crippen LogP contribution in [0.3, 0.4) is 0 Å². The van der Waals surface area contributed by atoms with Gasteiger partial charge in [-0.25, -0.2) is 0 Å². The van der Waals surface area contributed by atoms with E-state index in [1.54, 1.807) is 0 Å². The number of terminal acetylenes is 3. The van der Waals surface area contributed by atoms with E-state index in [-0.39, 0.29) is 147 Å². The highest BCUT2D eigenvalue weighted by Gasteiger charge is 2.34. The molecule has 0 aliphatic rings. The van der Waals surface area contributed by atoms with Crippen LogP contribution in [0.5, 0.6) is 0 Å². The zero-order chi connectivity index (χ0) is 49.2. The van der Waals surface area contributed by atoms with Gasteiger partial charge in [-0.05, 0) is 50.3 Å². The van der Waals surface area contributed by atoms with Crippen LogP contribution in [0, 0.1) is 37.0 Å². The Morgan fingerprint density at radius 2 is 0.848 bits per heavy atom. The molecule has 0 saturated heterocycles.